The summed E-state index contributed by atoms with van der Waals surface area (Å²) in [4.78, 5) is 25.9. The van der Waals surface area contributed by atoms with Crippen molar-refractivity contribution in [3.63, 3.8) is 0 Å². The molecule has 1 aromatic carbocycles. The number of hydrogen-bond acceptors (Lipinski definition) is 3. The summed E-state index contributed by atoms with van der Waals surface area (Å²) in [6.45, 7) is 3.24. The van der Waals surface area contributed by atoms with Crippen molar-refractivity contribution in [2.45, 2.75) is 25.3 Å². The Morgan fingerprint density at radius 2 is 2.09 bits per heavy atom. The Morgan fingerprint density at radius 3 is 2.91 bits per heavy atom. The molecular formula is C17H20N4O2. The molecule has 0 saturated carbocycles. The number of fused-ring (bicyclic) bond motifs is 1. The van der Waals surface area contributed by atoms with Crippen LogP contribution in [0.3, 0.4) is 0 Å². The molecule has 120 valence electrons. The molecule has 0 spiro atoms. The van der Waals surface area contributed by atoms with Gasteiger partial charge in [0.15, 0.2) is 0 Å². The summed E-state index contributed by atoms with van der Waals surface area (Å²) >= 11 is 0. The maximum atomic E-state index is 12.7. The Bertz CT molecular complexity index is 792. The number of carbonyl (C=O) groups is 1. The number of rotatable bonds is 2. The van der Waals surface area contributed by atoms with Gasteiger partial charge in [-0.2, -0.15) is 0 Å². The van der Waals surface area contributed by atoms with Gasteiger partial charge in [-0.1, -0.05) is 6.07 Å². The van der Waals surface area contributed by atoms with Gasteiger partial charge in [-0.3, -0.25) is 14.7 Å². The molecule has 3 heterocycles. The number of nitrogens with zero attached hydrogens (tertiary/aromatic N) is 1. The topological polar surface area (TPSA) is 81.0 Å². The van der Waals surface area contributed by atoms with Gasteiger partial charge in [0, 0.05) is 42.9 Å². The number of benzene rings is 1. The van der Waals surface area contributed by atoms with E-state index in [1.165, 1.54) is 11.1 Å². The van der Waals surface area contributed by atoms with Gasteiger partial charge in [-0.05, 0) is 42.6 Å². The fraction of sp³-hybridized carbons (Fsp3) is 0.412. The summed E-state index contributed by atoms with van der Waals surface area (Å²) < 4.78 is 0. The predicted octanol–water partition coefficient (Wildman–Crippen LogP) is 0.978. The number of amides is 1. The van der Waals surface area contributed by atoms with Crippen molar-refractivity contribution >= 4 is 5.91 Å². The Balaban J connectivity index is 1.50. The Morgan fingerprint density at radius 1 is 1.17 bits per heavy atom. The monoisotopic (exact) mass is 312 g/mol. The summed E-state index contributed by atoms with van der Waals surface area (Å²) in [7, 11) is 0. The van der Waals surface area contributed by atoms with Crippen LogP contribution >= 0.6 is 0 Å². The van der Waals surface area contributed by atoms with Crippen LogP contribution in [-0.2, 0) is 13.0 Å². The second-order valence-corrected chi connectivity index (χ2v) is 6.36. The molecule has 0 radical (unpaired) electrons. The molecule has 3 N–H and O–H groups in total. The summed E-state index contributed by atoms with van der Waals surface area (Å²) in [6, 6.07) is 7.63. The van der Waals surface area contributed by atoms with Crippen molar-refractivity contribution in [1.29, 1.82) is 0 Å². The largest absolute Gasteiger partial charge is 0.338 e. The molecule has 1 unspecified atom stereocenters. The highest BCUT2D eigenvalue weighted by Crippen LogP contribution is 2.26. The van der Waals surface area contributed by atoms with Crippen LogP contribution in [0.5, 0.6) is 0 Å². The van der Waals surface area contributed by atoms with Crippen molar-refractivity contribution in [2.24, 2.45) is 0 Å². The quantitative estimate of drug-likeness (QED) is 0.773. The third-order valence-corrected chi connectivity index (χ3v) is 4.87. The van der Waals surface area contributed by atoms with E-state index in [1.54, 1.807) is 6.07 Å². The molecule has 2 aromatic rings. The molecule has 4 rings (SSSR count). The van der Waals surface area contributed by atoms with Gasteiger partial charge in [0.1, 0.15) is 0 Å². The first-order valence-corrected chi connectivity index (χ1v) is 8.10. The molecule has 1 amide bonds. The van der Waals surface area contributed by atoms with Crippen LogP contribution in [0.15, 0.2) is 29.1 Å². The van der Waals surface area contributed by atoms with Crippen LogP contribution < -0.4 is 10.9 Å². The highest BCUT2D eigenvalue weighted by atomic mass is 16.2. The highest BCUT2D eigenvalue weighted by Gasteiger charge is 2.29. The molecular weight excluding hydrogens is 292 g/mol. The minimum atomic E-state index is -0.118. The number of nitrogens with one attached hydrogen (secondary N) is 3. The van der Waals surface area contributed by atoms with Crippen LogP contribution in [-0.4, -0.2) is 40.6 Å². The van der Waals surface area contributed by atoms with Crippen LogP contribution in [0.25, 0.3) is 0 Å². The summed E-state index contributed by atoms with van der Waals surface area (Å²) in [5, 5.41) is 8.81. The molecule has 0 bridgehead atoms. The zero-order valence-electron chi connectivity index (χ0n) is 12.9. The average Bonchev–Trinajstić information content (AvgIpc) is 3.22. The maximum Gasteiger partial charge on any atom is 0.264 e. The second-order valence-electron chi connectivity index (χ2n) is 6.36. The van der Waals surface area contributed by atoms with Gasteiger partial charge in [0.2, 0.25) is 0 Å². The zero-order valence-corrected chi connectivity index (χ0v) is 12.9. The normalized spacial score (nSPS) is 20.5. The lowest BCUT2D eigenvalue weighted by molar-refractivity contribution is 0.0790. The number of likely N-dealkylation sites (tertiary alicyclic amines) is 1. The van der Waals surface area contributed by atoms with E-state index >= 15 is 0 Å². The fourth-order valence-electron chi connectivity index (χ4n) is 3.56. The molecule has 0 aliphatic carbocycles. The Labute approximate surface area is 133 Å². The third kappa shape index (κ3) is 2.70. The van der Waals surface area contributed by atoms with E-state index < -0.39 is 0 Å². The van der Waals surface area contributed by atoms with E-state index in [2.05, 4.69) is 21.6 Å². The molecule has 1 aromatic heterocycles. The third-order valence-electron chi connectivity index (χ3n) is 4.87. The Kier molecular flexibility index (Phi) is 3.53. The van der Waals surface area contributed by atoms with E-state index in [0.717, 1.165) is 43.7 Å². The molecule has 23 heavy (non-hydrogen) atoms. The van der Waals surface area contributed by atoms with Gasteiger partial charge in [-0.25, -0.2) is 0 Å². The van der Waals surface area contributed by atoms with E-state index in [0.29, 0.717) is 6.54 Å². The molecule has 1 atom stereocenters. The zero-order chi connectivity index (χ0) is 15.8. The summed E-state index contributed by atoms with van der Waals surface area (Å²) in [6.07, 6.45) is 1.86. The number of aromatic amines is 2. The smallest absolute Gasteiger partial charge is 0.264 e. The first kappa shape index (κ1) is 14.3. The lowest BCUT2D eigenvalue weighted by Gasteiger charge is -2.20. The highest BCUT2D eigenvalue weighted by molar-refractivity contribution is 5.94. The molecule has 6 heteroatoms. The molecule has 1 fully saturated rings. The van der Waals surface area contributed by atoms with Gasteiger partial charge < -0.3 is 15.3 Å². The standard InChI is InChI=1S/C17H20N4O2/c22-16-8-15(19-20-16)14-4-6-21(10-14)17(23)12-1-2-13-9-18-5-3-11(13)7-12/h1-2,7-8,14,18H,3-6,9-10H2,(H2,19,20,22). The van der Waals surface area contributed by atoms with Crippen molar-refractivity contribution < 1.29 is 4.79 Å². The lowest BCUT2D eigenvalue weighted by atomic mass is 9.98. The molecule has 6 nitrogen and oxygen atoms in total. The van der Waals surface area contributed by atoms with Crippen molar-refractivity contribution in [1.82, 2.24) is 20.4 Å². The van der Waals surface area contributed by atoms with Crippen LogP contribution in [0.1, 0.15) is 39.5 Å². The Hall–Kier alpha value is -2.34. The van der Waals surface area contributed by atoms with Crippen LogP contribution in [0, 0.1) is 0 Å². The van der Waals surface area contributed by atoms with Gasteiger partial charge in [0.25, 0.3) is 11.5 Å². The van der Waals surface area contributed by atoms with E-state index in [4.69, 9.17) is 0 Å². The maximum absolute atomic E-state index is 12.7. The number of carbonyl (C=O) groups excluding carboxylic acids is 1. The first-order valence-electron chi connectivity index (χ1n) is 8.10. The minimum absolute atomic E-state index is 0.0896. The van der Waals surface area contributed by atoms with E-state index in [-0.39, 0.29) is 17.4 Å². The summed E-state index contributed by atoms with van der Waals surface area (Å²) in [5.41, 5.74) is 4.11. The van der Waals surface area contributed by atoms with Gasteiger partial charge >= 0.3 is 0 Å². The van der Waals surface area contributed by atoms with Gasteiger partial charge in [-0.15, -0.1) is 0 Å². The van der Waals surface area contributed by atoms with Crippen molar-refractivity contribution in [3.8, 4) is 0 Å². The number of aromatic nitrogens is 2. The van der Waals surface area contributed by atoms with Crippen molar-refractivity contribution in [3.05, 3.63) is 57.0 Å². The molecule has 2 aliphatic rings. The van der Waals surface area contributed by atoms with Crippen molar-refractivity contribution in [2.75, 3.05) is 19.6 Å². The molecule has 2 aliphatic heterocycles. The number of H-pyrrole nitrogens is 2. The predicted molar refractivity (Wildman–Crippen MR) is 86.5 cm³/mol. The van der Waals surface area contributed by atoms with E-state index in [1.807, 2.05) is 17.0 Å². The van der Waals surface area contributed by atoms with Crippen LogP contribution in [0.4, 0.5) is 0 Å². The van der Waals surface area contributed by atoms with Crippen LogP contribution in [0.2, 0.25) is 0 Å². The average molecular weight is 312 g/mol. The first-order chi connectivity index (χ1) is 11.2. The fourth-order valence-corrected chi connectivity index (χ4v) is 3.56. The number of hydrogen-bond donors (Lipinski definition) is 3. The van der Waals surface area contributed by atoms with Gasteiger partial charge in [0.05, 0.1) is 0 Å². The lowest BCUT2D eigenvalue weighted by Crippen LogP contribution is -2.29. The molecule has 1 saturated heterocycles. The summed E-state index contributed by atoms with van der Waals surface area (Å²) in [5.74, 6) is 0.298. The van der Waals surface area contributed by atoms with E-state index in [9.17, 15) is 9.59 Å². The minimum Gasteiger partial charge on any atom is -0.338 e. The SMILES string of the molecule is O=C(c1ccc2c(c1)CCNC2)N1CCC(c2cc(=O)[nH][nH]2)C1. The second kappa shape index (κ2) is 5.70.